The Labute approximate surface area is 123 Å². The van der Waals surface area contributed by atoms with Crippen molar-refractivity contribution < 1.29 is 13.2 Å². The SMILES string of the molecule is COc1ccc(-c2ccc(NS(C)(=O)=O)cc2Cl)cc1. The Bertz CT molecular complexity index is 712. The van der Waals surface area contributed by atoms with Gasteiger partial charge in [0.2, 0.25) is 10.0 Å². The van der Waals surface area contributed by atoms with Crippen molar-refractivity contribution in [1.82, 2.24) is 0 Å². The molecule has 6 heteroatoms. The normalized spacial score (nSPS) is 11.2. The first-order valence-corrected chi connectivity index (χ1v) is 8.08. The lowest BCUT2D eigenvalue weighted by Crippen LogP contribution is -2.09. The minimum Gasteiger partial charge on any atom is -0.497 e. The van der Waals surface area contributed by atoms with Crippen molar-refractivity contribution in [3.8, 4) is 16.9 Å². The fourth-order valence-corrected chi connectivity index (χ4v) is 2.64. The molecule has 0 bridgehead atoms. The average molecular weight is 312 g/mol. The highest BCUT2D eigenvalue weighted by atomic mass is 35.5. The lowest BCUT2D eigenvalue weighted by molar-refractivity contribution is 0.415. The minimum absolute atomic E-state index is 0.440. The molecule has 0 saturated heterocycles. The zero-order valence-electron chi connectivity index (χ0n) is 11.1. The highest BCUT2D eigenvalue weighted by Gasteiger charge is 2.07. The predicted octanol–water partition coefficient (Wildman–Crippen LogP) is 3.39. The van der Waals surface area contributed by atoms with Crippen molar-refractivity contribution in [2.24, 2.45) is 0 Å². The summed E-state index contributed by atoms with van der Waals surface area (Å²) in [5.41, 5.74) is 2.20. The number of hydrogen-bond donors (Lipinski definition) is 1. The Balaban J connectivity index is 2.33. The molecule has 2 aromatic rings. The van der Waals surface area contributed by atoms with Crippen LogP contribution in [0, 0.1) is 0 Å². The smallest absolute Gasteiger partial charge is 0.229 e. The van der Waals surface area contributed by atoms with Crippen LogP contribution in [0.1, 0.15) is 0 Å². The van der Waals surface area contributed by atoms with Crippen LogP contribution in [0.5, 0.6) is 5.75 Å². The summed E-state index contributed by atoms with van der Waals surface area (Å²) in [7, 11) is -1.70. The lowest BCUT2D eigenvalue weighted by atomic mass is 10.1. The number of methoxy groups -OCH3 is 1. The van der Waals surface area contributed by atoms with Gasteiger partial charge in [0.1, 0.15) is 5.75 Å². The average Bonchev–Trinajstić information content (AvgIpc) is 2.37. The fourth-order valence-electron chi connectivity index (χ4n) is 1.80. The van der Waals surface area contributed by atoms with Crippen LogP contribution in [0.3, 0.4) is 0 Å². The standard InChI is InChI=1S/C14H14ClNO3S/c1-19-12-6-3-10(4-7-12)13-8-5-11(9-14(13)15)16-20(2,17)18/h3-9,16H,1-2H3. The molecule has 0 aliphatic heterocycles. The molecule has 0 aliphatic rings. The third-order valence-electron chi connectivity index (χ3n) is 2.67. The Morgan fingerprint density at radius 2 is 1.75 bits per heavy atom. The topological polar surface area (TPSA) is 55.4 Å². The first-order valence-electron chi connectivity index (χ1n) is 5.81. The molecule has 0 amide bonds. The van der Waals surface area contributed by atoms with Gasteiger partial charge < -0.3 is 4.74 Å². The first-order chi connectivity index (χ1) is 9.39. The molecule has 0 aliphatic carbocycles. The maximum absolute atomic E-state index is 11.2. The van der Waals surface area contributed by atoms with Gasteiger partial charge in [0.25, 0.3) is 0 Å². The summed E-state index contributed by atoms with van der Waals surface area (Å²) in [6.45, 7) is 0. The van der Waals surface area contributed by atoms with Gasteiger partial charge in [-0.2, -0.15) is 0 Å². The molecular formula is C14H14ClNO3S. The summed E-state index contributed by atoms with van der Waals surface area (Å²) < 4.78 is 29.8. The van der Waals surface area contributed by atoms with Crippen LogP contribution in [0.2, 0.25) is 5.02 Å². The monoisotopic (exact) mass is 311 g/mol. The molecule has 2 aromatic carbocycles. The number of anilines is 1. The lowest BCUT2D eigenvalue weighted by Gasteiger charge is -2.09. The number of ether oxygens (including phenoxy) is 1. The minimum atomic E-state index is -3.31. The second kappa shape index (κ2) is 5.73. The van der Waals surface area contributed by atoms with Crippen molar-refractivity contribution in [2.75, 3.05) is 18.1 Å². The van der Waals surface area contributed by atoms with E-state index in [1.807, 2.05) is 24.3 Å². The number of nitrogens with one attached hydrogen (secondary N) is 1. The number of rotatable bonds is 4. The molecule has 0 fully saturated rings. The van der Waals surface area contributed by atoms with Gasteiger partial charge in [-0.15, -0.1) is 0 Å². The van der Waals surface area contributed by atoms with E-state index in [1.165, 1.54) is 0 Å². The summed E-state index contributed by atoms with van der Waals surface area (Å²) in [5, 5.41) is 0.476. The second-order valence-corrected chi connectivity index (χ2v) is 6.45. The summed E-state index contributed by atoms with van der Waals surface area (Å²) in [5.74, 6) is 0.764. The van der Waals surface area contributed by atoms with Gasteiger partial charge in [-0.05, 0) is 29.8 Å². The highest BCUT2D eigenvalue weighted by molar-refractivity contribution is 7.92. The van der Waals surface area contributed by atoms with Crippen LogP contribution in [0.15, 0.2) is 42.5 Å². The van der Waals surface area contributed by atoms with Crippen LogP contribution >= 0.6 is 11.6 Å². The van der Waals surface area contributed by atoms with Gasteiger partial charge in [-0.25, -0.2) is 8.42 Å². The molecule has 0 aromatic heterocycles. The van der Waals surface area contributed by atoms with E-state index in [-0.39, 0.29) is 0 Å². The zero-order valence-corrected chi connectivity index (χ0v) is 12.6. The third kappa shape index (κ3) is 3.65. The maximum atomic E-state index is 11.2. The van der Waals surface area contributed by atoms with Crippen LogP contribution < -0.4 is 9.46 Å². The third-order valence-corrected chi connectivity index (χ3v) is 3.59. The van der Waals surface area contributed by atoms with Gasteiger partial charge in [0, 0.05) is 11.3 Å². The van der Waals surface area contributed by atoms with Crippen molar-refractivity contribution in [2.45, 2.75) is 0 Å². The van der Waals surface area contributed by atoms with Crippen molar-refractivity contribution in [3.63, 3.8) is 0 Å². The molecule has 106 valence electrons. The molecule has 0 saturated carbocycles. The fraction of sp³-hybridized carbons (Fsp3) is 0.143. The number of sulfonamides is 1. The van der Waals surface area contributed by atoms with E-state index in [0.717, 1.165) is 23.1 Å². The molecule has 1 N–H and O–H groups in total. The van der Waals surface area contributed by atoms with Crippen molar-refractivity contribution >= 4 is 27.3 Å². The molecule has 0 spiro atoms. The zero-order chi connectivity index (χ0) is 14.8. The first kappa shape index (κ1) is 14.7. The van der Waals surface area contributed by atoms with Gasteiger partial charge in [-0.3, -0.25) is 4.72 Å². The van der Waals surface area contributed by atoms with Crippen LogP contribution in [0.4, 0.5) is 5.69 Å². The number of hydrogen-bond acceptors (Lipinski definition) is 3. The van der Waals surface area contributed by atoms with Crippen LogP contribution in [0.25, 0.3) is 11.1 Å². The van der Waals surface area contributed by atoms with E-state index in [4.69, 9.17) is 16.3 Å². The molecule has 0 unspecified atom stereocenters. The van der Waals surface area contributed by atoms with E-state index in [1.54, 1.807) is 25.3 Å². The second-order valence-electron chi connectivity index (χ2n) is 4.30. The largest absolute Gasteiger partial charge is 0.497 e. The van der Waals surface area contributed by atoms with Gasteiger partial charge in [0.15, 0.2) is 0 Å². The van der Waals surface area contributed by atoms with E-state index in [2.05, 4.69) is 4.72 Å². The molecule has 20 heavy (non-hydrogen) atoms. The van der Waals surface area contributed by atoms with Gasteiger partial charge >= 0.3 is 0 Å². The Hall–Kier alpha value is -1.72. The highest BCUT2D eigenvalue weighted by Crippen LogP contribution is 2.31. The molecule has 0 radical (unpaired) electrons. The Morgan fingerprint density at radius 1 is 1.10 bits per heavy atom. The van der Waals surface area contributed by atoms with Crippen molar-refractivity contribution in [1.29, 1.82) is 0 Å². The van der Waals surface area contributed by atoms with E-state index >= 15 is 0 Å². The summed E-state index contributed by atoms with van der Waals surface area (Å²) in [6, 6.07) is 12.5. The van der Waals surface area contributed by atoms with Gasteiger partial charge in [-0.1, -0.05) is 29.8 Å². The predicted molar refractivity (Wildman–Crippen MR) is 81.9 cm³/mol. The van der Waals surface area contributed by atoms with Crippen LogP contribution in [-0.4, -0.2) is 21.8 Å². The number of halogens is 1. The van der Waals surface area contributed by atoms with E-state index in [0.29, 0.717) is 10.7 Å². The molecule has 4 nitrogen and oxygen atoms in total. The maximum Gasteiger partial charge on any atom is 0.229 e. The van der Waals surface area contributed by atoms with Gasteiger partial charge in [0.05, 0.1) is 18.4 Å². The number of benzene rings is 2. The molecular weight excluding hydrogens is 298 g/mol. The quantitative estimate of drug-likeness (QED) is 0.941. The molecule has 0 atom stereocenters. The van der Waals surface area contributed by atoms with E-state index < -0.39 is 10.0 Å². The van der Waals surface area contributed by atoms with Crippen LogP contribution in [-0.2, 0) is 10.0 Å². The summed E-state index contributed by atoms with van der Waals surface area (Å²) in [4.78, 5) is 0. The Kier molecular flexibility index (Phi) is 4.20. The molecule has 2 rings (SSSR count). The Morgan fingerprint density at radius 3 is 2.25 bits per heavy atom. The summed E-state index contributed by atoms with van der Waals surface area (Å²) >= 11 is 6.20. The van der Waals surface area contributed by atoms with Crippen molar-refractivity contribution in [3.05, 3.63) is 47.5 Å². The summed E-state index contributed by atoms with van der Waals surface area (Å²) in [6.07, 6.45) is 1.10. The van der Waals surface area contributed by atoms with E-state index in [9.17, 15) is 8.42 Å². The molecule has 0 heterocycles.